The van der Waals surface area contributed by atoms with E-state index in [1.54, 1.807) is 18.0 Å². The van der Waals surface area contributed by atoms with Gasteiger partial charge in [-0.15, -0.1) is 0 Å². The number of benzene rings is 2. The second-order valence-electron chi connectivity index (χ2n) is 6.50. The minimum absolute atomic E-state index is 0.108. The normalized spacial score (nSPS) is 15.5. The number of hydrogen-bond donors (Lipinski definition) is 1. The minimum Gasteiger partial charge on any atom is -0.348 e. The van der Waals surface area contributed by atoms with Gasteiger partial charge in [-0.05, 0) is 47.8 Å². The van der Waals surface area contributed by atoms with Crippen LogP contribution in [0, 0.1) is 6.92 Å². The molecule has 2 heterocycles. The van der Waals surface area contributed by atoms with Crippen LogP contribution in [0.5, 0.6) is 0 Å². The number of amidine groups is 1. The van der Waals surface area contributed by atoms with E-state index in [1.165, 1.54) is 5.56 Å². The number of thioether (sulfide) groups is 1. The van der Waals surface area contributed by atoms with E-state index in [9.17, 15) is 4.79 Å². The summed E-state index contributed by atoms with van der Waals surface area (Å²) < 4.78 is 1.98. The molecule has 0 fully saturated rings. The van der Waals surface area contributed by atoms with Gasteiger partial charge in [-0.2, -0.15) is 4.58 Å². The SMILES string of the molecule is Cc1ccc(C2=[N+]3C(C(=O)NCCc4cccc(Cl)c4)=CN=C3SC2)cc1. The molecule has 27 heavy (non-hydrogen) atoms. The Balaban J connectivity index is 1.47. The molecule has 1 amide bonds. The summed E-state index contributed by atoms with van der Waals surface area (Å²) in [5.74, 6) is 0.706. The van der Waals surface area contributed by atoms with Crippen molar-refractivity contribution in [2.45, 2.75) is 13.3 Å². The van der Waals surface area contributed by atoms with Crippen molar-refractivity contribution in [3.63, 3.8) is 0 Å². The van der Waals surface area contributed by atoms with Gasteiger partial charge in [0.05, 0.1) is 5.75 Å². The molecule has 2 aliphatic rings. The van der Waals surface area contributed by atoms with Crippen molar-refractivity contribution in [1.82, 2.24) is 5.32 Å². The van der Waals surface area contributed by atoms with Gasteiger partial charge in [-0.1, -0.05) is 53.6 Å². The molecule has 2 aliphatic heterocycles. The Morgan fingerprint density at radius 3 is 2.85 bits per heavy atom. The summed E-state index contributed by atoms with van der Waals surface area (Å²) in [6.45, 7) is 2.62. The van der Waals surface area contributed by atoms with Crippen LogP contribution >= 0.6 is 23.4 Å². The van der Waals surface area contributed by atoms with Gasteiger partial charge in [0.25, 0.3) is 5.91 Å². The first-order valence-corrected chi connectivity index (χ1v) is 10.1. The molecule has 0 unspecified atom stereocenters. The predicted octanol–water partition coefficient (Wildman–Crippen LogP) is 3.77. The number of carbonyl (C=O) groups is 1. The van der Waals surface area contributed by atoms with Crippen LogP contribution in [0.1, 0.15) is 16.7 Å². The van der Waals surface area contributed by atoms with E-state index in [4.69, 9.17) is 11.6 Å². The lowest BCUT2D eigenvalue weighted by Gasteiger charge is -2.07. The van der Waals surface area contributed by atoms with Crippen LogP contribution in [0.2, 0.25) is 5.02 Å². The van der Waals surface area contributed by atoms with Crippen LogP contribution in [0.15, 0.2) is 65.4 Å². The molecule has 4 nitrogen and oxygen atoms in total. The molecule has 0 spiro atoms. The molecule has 0 saturated carbocycles. The number of nitrogens with zero attached hydrogens (tertiary/aromatic N) is 2. The zero-order chi connectivity index (χ0) is 18.8. The number of halogens is 1. The fourth-order valence-electron chi connectivity index (χ4n) is 3.12. The quantitative estimate of drug-likeness (QED) is 0.782. The lowest BCUT2D eigenvalue weighted by atomic mass is 10.1. The molecule has 0 atom stereocenters. The molecule has 4 rings (SSSR count). The molecule has 0 aromatic heterocycles. The van der Waals surface area contributed by atoms with Crippen LogP contribution in [-0.4, -0.2) is 33.7 Å². The molecule has 0 bridgehead atoms. The van der Waals surface area contributed by atoms with E-state index < -0.39 is 0 Å². The lowest BCUT2D eigenvalue weighted by Crippen LogP contribution is -2.32. The molecular formula is C21H19ClN3OS+. The Morgan fingerprint density at radius 2 is 2.07 bits per heavy atom. The van der Waals surface area contributed by atoms with Crippen LogP contribution in [0.3, 0.4) is 0 Å². The number of fused-ring (bicyclic) bond motifs is 1. The number of carbonyl (C=O) groups excluding carboxylic acids is 1. The highest BCUT2D eigenvalue weighted by Gasteiger charge is 2.39. The number of amides is 1. The number of nitrogens with one attached hydrogen (secondary N) is 1. The molecule has 6 heteroatoms. The van der Waals surface area contributed by atoms with Gasteiger partial charge in [-0.25, -0.2) is 0 Å². The van der Waals surface area contributed by atoms with Crippen LogP contribution in [-0.2, 0) is 11.2 Å². The number of rotatable bonds is 5. The second-order valence-corrected chi connectivity index (χ2v) is 7.88. The van der Waals surface area contributed by atoms with E-state index in [1.807, 2.05) is 28.8 Å². The van der Waals surface area contributed by atoms with E-state index >= 15 is 0 Å². The number of hydrogen-bond acceptors (Lipinski definition) is 3. The third kappa shape index (κ3) is 3.84. The third-order valence-corrected chi connectivity index (χ3v) is 5.74. The van der Waals surface area contributed by atoms with Crippen molar-refractivity contribution in [2.75, 3.05) is 12.3 Å². The van der Waals surface area contributed by atoms with Crippen molar-refractivity contribution in [3.05, 3.63) is 82.1 Å². The Labute approximate surface area is 167 Å². The molecule has 136 valence electrons. The summed E-state index contributed by atoms with van der Waals surface area (Å²) >= 11 is 7.67. The van der Waals surface area contributed by atoms with Crippen molar-refractivity contribution < 1.29 is 9.37 Å². The fourth-order valence-corrected chi connectivity index (χ4v) is 4.36. The Morgan fingerprint density at radius 1 is 1.26 bits per heavy atom. The van der Waals surface area contributed by atoms with E-state index in [2.05, 4.69) is 41.5 Å². The topological polar surface area (TPSA) is 44.5 Å². The van der Waals surface area contributed by atoms with Crippen molar-refractivity contribution in [1.29, 1.82) is 0 Å². The maximum absolute atomic E-state index is 12.7. The Bertz CT molecular complexity index is 993. The summed E-state index contributed by atoms with van der Waals surface area (Å²) in [7, 11) is 0. The summed E-state index contributed by atoms with van der Waals surface area (Å²) in [5, 5.41) is 4.57. The Kier molecular flexibility index (Phi) is 5.14. The molecule has 0 saturated heterocycles. The first-order valence-electron chi connectivity index (χ1n) is 8.78. The first kappa shape index (κ1) is 18.0. The highest BCUT2D eigenvalue weighted by molar-refractivity contribution is 8.14. The van der Waals surface area contributed by atoms with Gasteiger partial charge >= 0.3 is 5.17 Å². The average Bonchev–Trinajstić information content (AvgIpc) is 3.24. The maximum atomic E-state index is 12.7. The van der Waals surface area contributed by atoms with Gasteiger partial charge in [-0.3, -0.25) is 4.79 Å². The highest BCUT2D eigenvalue weighted by atomic mass is 35.5. The average molecular weight is 397 g/mol. The van der Waals surface area contributed by atoms with Crippen molar-refractivity contribution >= 4 is 40.1 Å². The van der Waals surface area contributed by atoms with Crippen LogP contribution < -0.4 is 5.32 Å². The summed E-state index contributed by atoms with van der Waals surface area (Å²) in [4.78, 5) is 17.1. The number of aryl methyl sites for hydroxylation is 1. The number of aliphatic imine (C=N–C) groups is 1. The third-order valence-electron chi connectivity index (χ3n) is 4.54. The highest BCUT2D eigenvalue weighted by Crippen LogP contribution is 2.26. The smallest absolute Gasteiger partial charge is 0.348 e. The van der Waals surface area contributed by atoms with Gasteiger partial charge in [0.15, 0.2) is 6.20 Å². The monoisotopic (exact) mass is 396 g/mol. The van der Waals surface area contributed by atoms with Crippen molar-refractivity contribution in [2.24, 2.45) is 4.99 Å². The lowest BCUT2D eigenvalue weighted by molar-refractivity contribution is -0.331. The predicted molar refractivity (Wildman–Crippen MR) is 112 cm³/mol. The summed E-state index contributed by atoms with van der Waals surface area (Å²) in [6.07, 6.45) is 2.39. The van der Waals surface area contributed by atoms with Crippen LogP contribution in [0.25, 0.3) is 0 Å². The fraction of sp³-hybridized carbons (Fsp3) is 0.190. The largest absolute Gasteiger partial charge is 0.365 e. The summed E-state index contributed by atoms with van der Waals surface area (Å²) in [5.41, 5.74) is 5.13. The Hall–Kier alpha value is -2.37. The van der Waals surface area contributed by atoms with Gasteiger partial charge in [0.2, 0.25) is 5.70 Å². The minimum atomic E-state index is -0.108. The van der Waals surface area contributed by atoms with E-state index in [-0.39, 0.29) is 5.91 Å². The van der Waals surface area contributed by atoms with E-state index in [0.29, 0.717) is 17.3 Å². The van der Waals surface area contributed by atoms with E-state index in [0.717, 1.165) is 34.2 Å². The molecular weight excluding hydrogens is 378 g/mol. The molecule has 1 N–H and O–H groups in total. The van der Waals surface area contributed by atoms with Crippen molar-refractivity contribution in [3.8, 4) is 0 Å². The second kappa shape index (κ2) is 7.71. The zero-order valence-corrected chi connectivity index (χ0v) is 16.5. The van der Waals surface area contributed by atoms with Gasteiger partial charge in [0.1, 0.15) is 5.71 Å². The maximum Gasteiger partial charge on any atom is 0.365 e. The first-order chi connectivity index (χ1) is 13.1. The van der Waals surface area contributed by atoms with Gasteiger partial charge in [0, 0.05) is 17.1 Å². The standard InChI is InChI=1S/C21H18ClN3OS/c1-14-5-7-16(8-6-14)19-13-27-21-24-12-18(25(19)21)20(26)23-10-9-15-3-2-4-17(22)11-15/h2-8,11-12H,9-10,13H2,1H3/p+1. The zero-order valence-electron chi connectivity index (χ0n) is 14.9. The molecule has 2 aromatic carbocycles. The molecule has 0 radical (unpaired) electrons. The molecule has 0 aliphatic carbocycles. The van der Waals surface area contributed by atoms with Gasteiger partial charge < -0.3 is 5.32 Å². The summed E-state index contributed by atoms with van der Waals surface area (Å²) in [6, 6.07) is 16.1. The van der Waals surface area contributed by atoms with Crippen LogP contribution in [0.4, 0.5) is 0 Å². The molecule has 2 aromatic rings.